The molecule has 2 aromatic rings. The van der Waals surface area contributed by atoms with E-state index in [0.29, 0.717) is 17.2 Å². The Balaban J connectivity index is 1.81. The Bertz CT molecular complexity index is 855. The highest BCUT2D eigenvalue weighted by molar-refractivity contribution is 7.17. The molecule has 1 aromatic carbocycles. The summed E-state index contributed by atoms with van der Waals surface area (Å²) in [5, 5.41) is 3.38. The van der Waals surface area contributed by atoms with Crippen LogP contribution in [0.25, 0.3) is 6.08 Å². The van der Waals surface area contributed by atoms with Crippen LogP contribution in [0.15, 0.2) is 30.3 Å². The van der Waals surface area contributed by atoms with Gasteiger partial charge in [0.05, 0.1) is 12.2 Å². The summed E-state index contributed by atoms with van der Waals surface area (Å²) in [6.07, 6.45) is 8.02. The van der Waals surface area contributed by atoms with E-state index in [0.717, 1.165) is 48.1 Å². The fraction of sp³-hybridized carbons (Fsp3) is 0.333. The lowest BCUT2D eigenvalue weighted by Gasteiger charge is -2.07. The maximum Gasteiger partial charge on any atom is 0.341 e. The van der Waals surface area contributed by atoms with E-state index in [2.05, 4.69) is 5.32 Å². The van der Waals surface area contributed by atoms with Crippen molar-refractivity contribution in [3.05, 3.63) is 57.7 Å². The van der Waals surface area contributed by atoms with Crippen molar-refractivity contribution in [3.8, 4) is 0 Å². The number of amides is 1. The van der Waals surface area contributed by atoms with Crippen LogP contribution < -0.4 is 5.32 Å². The van der Waals surface area contributed by atoms with Crippen molar-refractivity contribution >= 4 is 34.3 Å². The minimum atomic E-state index is -0.380. The summed E-state index contributed by atoms with van der Waals surface area (Å²) in [5.74, 6) is -1.04. The summed E-state index contributed by atoms with van der Waals surface area (Å²) in [6, 6.07) is 5.87. The molecular weight excluding hydrogens is 365 g/mol. The fourth-order valence-electron chi connectivity index (χ4n) is 3.15. The second-order valence-electron chi connectivity index (χ2n) is 6.36. The minimum absolute atomic E-state index is 0.293. The molecule has 0 radical (unpaired) electrons. The zero-order valence-corrected chi connectivity index (χ0v) is 16.0. The van der Waals surface area contributed by atoms with Gasteiger partial charge in [-0.15, -0.1) is 11.3 Å². The van der Waals surface area contributed by atoms with Crippen LogP contribution in [-0.4, -0.2) is 18.5 Å². The van der Waals surface area contributed by atoms with Gasteiger partial charge in [-0.1, -0.05) is 18.6 Å². The number of nitrogens with one attached hydrogen (secondary N) is 1. The summed E-state index contributed by atoms with van der Waals surface area (Å²) in [5.41, 5.74) is 2.25. The van der Waals surface area contributed by atoms with E-state index in [-0.39, 0.29) is 17.7 Å². The van der Waals surface area contributed by atoms with Gasteiger partial charge in [-0.25, -0.2) is 9.18 Å². The van der Waals surface area contributed by atoms with Crippen molar-refractivity contribution in [1.29, 1.82) is 0 Å². The first kappa shape index (κ1) is 19.3. The molecule has 3 rings (SSSR count). The predicted octanol–water partition coefficient (Wildman–Crippen LogP) is 4.98. The predicted molar refractivity (Wildman–Crippen MR) is 106 cm³/mol. The molecule has 0 bridgehead atoms. The normalized spacial score (nSPS) is 13.9. The molecular formula is C21H22FNO3S. The van der Waals surface area contributed by atoms with Crippen LogP contribution in [0.5, 0.6) is 0 Å². The van der Waals surface area contributed by atoms with Crippen molar-refractivity contribution in [1.82, 2.24) is 0 Å². The van der Waals surface area contributed by atoms with Gasteiger partial charge in [-0.2, -0.15) is 0 Å². The summed E-state index contributed by atoms with van der Waals surface area (Å²) < 4.78 is 18.2. The number of halogens is 1. The van der Waals surface area contributed by atoms with Gasteiger partial charge in [0.15, 0.2) is 0 Å². The van der Waals surface area contributed by atoms with E-state index >= 15 is 0 Å². The summed E-state index contributed by atoms with van der Waals surface area (Å²) in [6.45, 7) is 2.06. The van der Waals surface area contributed by atoms with Gasteiger partial charge in [0.2, 0.25) is 5.91 Å². The van der Waals surface area contributed by atoms with Gasteiger partial charge in [0, 0.05) is 11.0 Å². The number of carbonyl (C=O) groups is 2. The molecule has 1 aliphatic rings. The molecule has 0 fully saturated rings. The molecule has 0 spiro atoms. The Morgan fingerprint density at radius 1 is 1.19 bits per heavy atom. The highest BCUT2D eigenvalue weighted by atomic mass is 32.1. The maximum absolute atomic E-state index is 13.0. The summed E-state index contributed by atoms with van der Waals surface area (Å²) in [7, 11) is 0. The third kappa shape index (κ3) is 4.83. The number of esters is 1. The van der Waals surface area contributed by atoms with Gasteiger partial charge in [0.25, 0.3) is 0 Å². The Morgan fingerprint density at radius 2 is 1.93 bits per heavy atom. The highest BCUT2D eigenvalue weighted by Crippen LogP contribution is 2.38. The van der Waals surface area contributed by atoms with Crippen LogP contribution in [0.4, 0.5) is 9.39 Å². The molecule has 1 aliphatic carbocycles. The highest BCUT2D eigenvalue weighted by Gasteiger charge is 2.26. The SMILES string of the molecule is CCOC(=O)c1c(NC(=O)C=Cc2ccc(F)cc2)sc2c1CCCCC2. The van der Waals surface area contributed by atoms with Crippen molar-refractivity contribution < 1.29 is 18.7 Å². The van der Waals surface area contributed by atoms with Gasteiger partial charge >= 0.3 is 5.97 Å². The number of aryl methyl sites for hydroxylation is 1. The molecule has 4 nitrogen and oxygen atoms in total. The summed E-state index contributed by atoms with van der Waals surface area (Å²) in [4.78, 5) is 26.0. The molecule has 0 saturated heterocycles. The number of ether oxygens (including phenoxy) is 1. The Morgan fingerprint density at radius 3 is 2.67 bits per heavy atom. The molecule has 142 valence electrons. The van der Waals surface area contributed by atoms with Crippen LogP contribution in [0, 0.1) is 5.82 Å². The first-order chi connectivity index (χ1) is 13.1. The molecule has 0 saturated carbocycles. The molecule has 1 N–H and O–H groups in total. The van der Waals surface area contributed by atoms with Crippen molar-refractivity contribution in [2.24, 2.45) is 0 Å². The first-order valence-electron chi connectivity index (χ1n) is 9.14. The molecule has 1 heterocycles. The van der Waals surface area contributed by atoms with Crippen LogP contribution >= 0.6 is 11.3 Å². The second kappa shape index (κ2) is 8.95. The van der Waals surface area contributed by atoms with E-state index in [4.69, 9.17) is 4.74 Å². The van der Waals surface area contributed by atoms with Crippen LogP contribution in [-0.2, 0) is 22.4 Å². The quantitative estimate of drug-likeness (QED) is 0.447. The van der Waals surface area contributed by atoms with E-state index < -0.39 is 0 Å². The van der Waals surface area contributed by atoms with E-state index in [9.17, 15) is 14.0 Å². The number of thiophene rings is 1. The molecule has 6 heteroatoms. The van der Waals surface area contributed by atoms with Crippen molar-refractivity contribution in [2.45, 2.75) is 39.0 Å². The molecule has 1 aromatic heterocycles. The Hall–Kier alpha value is -2.47. The second-order valence-corrected chi connectivity index (χ2v) is 7.47. The smallest absolute Gasteiger partial charge is 0.341 e. The van der Waals surface area contributed by atoms with E-state index in [1.807, 2.05) is 0 Å². The third-order valence-corrected chi connectivity index (χ3v) is 5.64. The molecule has 0 unspecified atom stereocenters. The van der Waals surface area contributed by atoms with Crippen molar-refractivity contribution in [3.63, 3.8) is 0 Å². The lowest BCUT2D eigenvalue weighted by molar-refractivity contribution is -0.111. The number of anilines is 1. The van der Waals surface area contributed by atoms with E-state index in [1.165, 1.54) is 29.5 Å². The molecule has 0 atom stereocenters. The number of fused-ring (bicyclic) bond motifs is 1. The third-order valence-electron chi connectivity index (χ3n) is 4.43. The monoisotopic (exact) mass is 387 g/mol. The number of benzene rings is 1. The largest absolute Gasteiger partial charge is 0.462 e. The first-order valence-corrected chi connectivity index (χ1v) is 9.96. The lowest BCUT2D eigenvalue weighted by atomic mass is 10.1. The van der Waals surface area contributed by atoms with Gasteiger partial charge in [0.1, 0.15) is 10.8 Å². The topological polar surface area (TPSA) is 55.4 Å². The average Bonchev–Trinajstić information content (AvgIpc) is 2.82. The summed E-state index contributed by atoms with van der Waals surface area (Å²) >= 11 is 1.47. The zero-order chi connectivity index (χ0) is 19.2. The Labute approximate surface area is 162 Å². The fourth-order valence-corrected chi connectivity index (χ4v) is 4.43. The van der Waals surface area contributed by atoms with Gasteiger partial charge in [-0.05, 0) is 61.9 Å². The molecule has 0 aliphatic heterocycles. The maximum atomic E-state index is 13.0. The van der Waals surface area contributed by atoms with Crippen molar-refractivity contribution in [2.75, 3.05) is 11.9 Å². The van der Waals surface area contributed by atoms with Crippen LogP contribution in [0.3, 0.4) is 0 Å². The lowest BCUT2D eigenvalue weighted by Crippen LogP contribution is -2.13. The number of hydrogen-bond donors (Lipinski definition) is 1. The van der Waals surface area contributed by atoms with Gasteiger partial charge < -0.3 is 10.1 Å². The number of carbonyl (C=O) groups excluding carboxylic acids is 2. The minimum Gasteiger partial charge on any atom is -0.462 e. The molecule has 1 amide bonds. The number of hydrogen-bond acceptors (Lipinski definition) is 4. The van der Waals surface area contributed by atoms with Crippen LogP contribution in [0.1, 0.15) is 52.5 Å². The zero-order valence-electron chi connectivity index (χ0n) is 15.2. The van der Waals surface area contributed by atoms with Gasteiger partial charge in [-0.3, -0.25) is 4.79 Å². The average molecular weight is 387 g/mol. The Kier molecular flexibility index (Phi) is 6.40. The van der Waals surface area contributed by atoms with E-state index in [1.54, 1.807) is 25.1 Å². The standard InChI is InChI=1S/C21H22FNO3S/c1-2-26-21(25)19-16-6-4-3-5-7-17(16)27-20(19)23-18(24)13-10-14-8-11-15(22)12-9-14/h8-13H,2-7H2,1H3,(H,23,24). The van der Waals surface area contributed by atoms with Crippen LogP contribution in [0.2, 0.25) is 0 Å². The number of rotatable bonds is 5. The molecule has 27 heavy (non-hydrogen) atoms.